The second-order valence-electron chi connectivity index (χ2n) is 16.3. The Bertz CT molecular complexity index is 1370. The van der Waals surface area contributed by atoms with Crippen LogP contribution in [0.1, 0.15) is 88.0 Å². The van der Waals surface area contributed by atoms with Crippen molar-refractivity contribution in [3.63, 3.8) is 0 Å². The van der Waals surface area contributed by atoms with Gasteiger partial charge in [-0.15, -0.1) is 6.58 Å². The zero-order chi connectivity index (χ0) is 36.4. The van der Waals surface area contributed by atoms with Crippen LogP contribution in [-0.2, 0) is 29.2 Å². The molecule has 1 unspecified atom stereocenters. The molecule has 0 spiro atoms. The molecule has 6 atom stereocenters. The summed E-state index contributed by atoms with van der Waals surface area (Å²) in [7, 11) is -3.39. The molecule has 4 N–H and O–H groups in total. The molecule has 48 heavy (non-hydrogen) atoms. The summed E-state index contributed by atoms with van der Waals surface area (Å²) in [4.78, 5) is 69.0. The van der Waals surface area contributed by atoms with E-state index in [0.29, 0.717) is 25.9 Å². The van der Waals surface area contributed by atoms with Crippen LogP contribution in [-0.4, -0.2) is 103 Å². The molecule has 3 fully saturated rings. The van der Waals surface area contributed by atoms with Gasteiger partial charge in [0.1, 0.15) is 12.1 Å². The van der Waals surface area contributed by atoms with Gasteiger partial charge in [0, 0.05) is 32.2 Å². The Hall–Kier alpha value is -3.00. The number of ketones is 1. The number of carbonyl (C=O) groups is 5. The molecular formula is C34H58N6O7S. The second-order valence-corrected chi connectivity index (χ2v) is 18.4. The number of piperidine rings is 1. The van der Waals surface area contributed by atoms with E-state index in [1.54, 1.807) is 0 Å². The van der Waals surface area contributed by atoms with Crippen LogP contribution in [0, 0.1) is 28.1 Å². The molecule has 14 heteroatoms. The van der Waals surface area contributed by atoms with Crippen LogP contribution in [0.15, 0.2) is 12.7 Å². The number of likely N-dealkylation sites (tertiary alicyclic amines) is 1. The highest BCUT2D eigenvalue weighted by Gasteiger charge is 2.70. The van der Waals surface area contributed by atoms with Gasteiger partial charge in [-0.3, -0.25) is 19.2 Å². The fourth-order valence-electron chi connectivity index (χ4n) is 6.94. The Morgan fingerprint density at radius 1 is 1.00 bits per heavy atom. The summed E-state index contributed by atoms with van der Waals surface area (Å²) >= 11 is 0. The normalized spacial score (nSPS) is 24.9. The summed E-state index contributed by atoms with van der Waals surface area (Å²) in [6.07, 6.45) is 3.64. The number of urea groups is 1. The first kappa shape index (κ1) is 39.4. The third-order valence-electron chi connectivity index (χ3n) is 10.2. The molecule has 2 heterocycles. The number of hydrogen-bond acceptors (Lipinski definition) is 7. The quantitative estimate of drug-likeness (QED) is 0.159. The van der Waals surface area contributed by atoms with E-state index in [9.17, 15) is 32.4 Å². The number of nitrogens with zero attached hydrogens (tertiary/aromatic N) is 2. The van der Waals surface area contributed by atoms with Gasteiger partial charge in [0.05, 0.1) is 11.8 Å². The van der Waals surface area contributed by atoms with E-state index in [2.05, 4.69) is 27.8 Å². The number of hydrogen-bond donors (Lipinski definition) is 4. The minimum absolute atomic E-state index is 0.0556. The van der Waals surface area contributed by atoms with Gasteiger partial charge in [-0.1, -0.05) is 81.2 Å². The number of nitrogens with one attached hydrogen (secondary N) is 4. The van der Waals surface area contributed by atoms with Gasteiger partial charge in [0.15, 0.2) is 0 Å². The van der Waals surface area contributed by atoms with Crippen LogP contribution < -0.4 is 21.3 Å². The second kappa shape index (κ2) is 14.9. The summed E-state index contributed by atoms with van der Waals surface area (Å²) in [5, 5.41) is 11.1. The molecule has 0 aromatic carbocycles. The maximum Gasteiger partial charge on any atom is 0.315 e. The van der Waals surface area contributed by atoms with Crippen molar-refractivity contribution in [3.05, 3.63) is 12.7 Å². The average molecular weight is 695 g/mol. The predicted molar refractivity (Wildman–Crippen MR) is 184 cm³/mol. The van der Waals surface area contributed by atoms with Crippen molar-refractivity contribution in [2.24, 2.45) is 28.1 Å². The largest absolute Gasteiger partial charge is 0.346 e. The third-order valence-corrected chi connectivity index (χ3v) is 12.1. The first-order valence-electron chi connectivity index (χ1n) is 17.2. The lowest BCUT2D eigenvalue weighted by molar-refractivity contribution is -0.145. The number of amides is 5. The number of Topliss-reactive ketones (excluding diaryl/α,β-unsaturated/α-hetero) is 1. The molecule has 0 bridgehead atoms. The molecule has 0 aromatic heterocycles. The molecule has 3 rings (SSSR count). The lowest BCUT2D eigenvalue weighted by Crippen LogP contribution is -2.62. The smallest absolute Gasteiger partial charge is 0.315 e. The molecule has 1 saturated carbocycles. The van der Waals surface area contributed by atoms with Crippen molar-refractivity contribution in [1.82, 2.24) is 30.5 Å². The van der Waals surface area contributed by atoms with Crippen molar-refractivity contribution in [3.8, 4) is 0 Å². The lowest BCUT2D eigenvalue weighted by Gasteiger charge is -2.39. The summed E-state index contributed by atoms with van der Waals surface area (Å²) in [6.45, 7) is 21.7. The number of unbranched alkanes of at least 4 members (excludes halogenated alkanes) is 1. The summed E-state index contributed by atoms with van der Waals surface area (Å²) in [5.41, 5.74) is -1.45. The zero-order valence-electron chi connectivity index (χ0n) is 30.3. The number of fused-ring (bicyclic) bond motifs is 1. The highest BCUT2D eigenvalue weighted by molar-refractivity contribution is 7.89. The fraction of sp³-hybridized carbons (Fsp3) is 0.794. The first-order valence-corrected chi connectivity index (χ1v) is 18.8. The van der Waals surface area contributed by atoms with Gasteiger partial charge in [-0.05, 0) is 40.9 Å². The lowest BCUT2D eigenvalue weighted by atomic mass is 9.85. The highest BCUT2D eigenvalue weighted by atomic mass is 32.2. The van der Waals surface area contributed by atoms with Crippen LogP contribution in [0.25, 0.3) is 0 Å². The van der Waals surface area contributed by atoms with Crippen LogP contribution in [0.5, 0.6) is 0 Å². The van der Waals surface area contributed by atoms with Crippen LogP contribution >= 0.6 is 0 Å². The first-order chi connectivity index (χ1) is 22.1. The molecule has 5 amide bonds. The van der Waals surface area contributed by atoms with Crippen molar-refractivity contribution in [2.45, 2.75) is 112 Å². The predicted octanol–water partition coefficient (Wildman–Crippen LogP) is 2.18. The Morgan fingerprint density at radius 3 is 2.17 bits per heavy atom. The van der Waals surface area contributed by atoms with Crippen molar-refractivity contribution < 1.29 is 32.4 Å². The molecule has 3 aliphatic rings. The van der Waals surface area contributed by atoms with E-state index < -0.39 is 74.6 Å². The van der Waals surface area contributed by atoms with E-state index in [1.165, 1.54) is 15.3 Å². The molecule has 2 saturated heterocycles. The monoisotopic (exact) mass is 694 g/mol. The molecule has 2 aliphatic heterocycles. The molecule has 0 aromatic rings. The zero-order valence-corrected chi connectivity index (χ0v) is 31.1. The highest BCUT2D eigenvalue weighted by Crippen LogP contribution is 2.65. The number of carbonyl (C=O) groups excluding carboxylic acids is 5. The Morgan fingerprint density at radius 2 is 1.65 bits per heavy atom. The van der Waals surface area contributed by atoms with Gasteiger partial charge < -0.3 is 26.2 Å². The summed E-state index contributed by atoms with van der Waals surface area (Å²) < 4.78 is 26.4. The Balaban J connectivity index is 1.83. The van der Waals surface area contributed by atoms with E-state index in [1.807, 2.05) is 62.3 Å². The molecular weight excluding hydrogens is 636 g/mol. The summed E-state index contributed by atoms with van der Waals surface area (Å²) in [6, 6.07) is -4.10. The van der Waals surface area contributed by atoms with Crippen LogP contribution in [0.3, 0.4) is 0 Å². The van der Waals surface area contributed by atoms with Crippen LogP contribution in [0.4, 0.5) is 4.79 Å². The number of rotatable bonds is 14. The minimum Gasteiger partial charge on any atom is -0.346 e. The van der Waals surface area contributed by atoms with Gasteiger partial charge in [-0.2, -0.15) is 4.31 Å². The number of sulfonamides is 1. The minimum atomic E-state index is -3.39. The molecule has 13 nitrogen and oxygen atoms in total. The van der Waals surface area contributed by atoms with Crippen molar-refractivity contribution >= 4 is 39.6 Å². The summed E-state index contributed by atoms with van der Waals surface area (Å²) in [5.74, 6) is -2.49. The van der Waals surface area contributed by atoms with Gasteiger partial charge >= 0.3 is 6.03 Å². The van der Waals surface area contributed by atoms with Gasteiger partial charge in [-0.25, -0.2) is 13.2 Å². The molecule has 1 aliphatic carbocycles. The standard InChI is InChI=1S/C34H58N6O7S/c1-11-13-15-22(26(41)29(43)35-16-12-2)36-28(42)25-24-21(34(24,9)10)19-40(25)30(44)27(33(6,7)8)38-31(45)37-23(32(3,4)5)20-39-17-14-18-48(39,46)47/h12,21-25,27H,2,11,13-20H2,1,3-10H3,(H,35,43)(H,36,42)(H2,37,38,45)/t21-,22?,23+,24-,25-,27+/m0/s1. The molecule has 0 radical (unpaired) electrons. The van der Waals surface area contributed by atoms with Crippen molar-refractivity contribution in [2.75, 3.05) is 31.9 Å². The van der Waals surface area contributed by atoms with Gasteiger partial charge in [0.2, 0.25) is 27.6 Å². The van der Waals surface area contributed by atoms with E-state index in [4.69, 9.17) is 0 Å². The average Bonchev–Trinajstić information content (AvgIpc) is 3.26. The third kappa shape index (κ3) is 8.96. The Labute approximate surface area is 286 Å². The van der Waals surface area contributed by atoms with Crippen molar-refractivity contribution in [1.29, 1.82) is 0 Å². The topological polar surface area (TPSA) is 174 Å². The maximum absolute atomic E-state index is 14.4. The van der Waals surface area contributed by atoms with E-state index in [0.717, 1.165) is 6.42 Å². The fourth-order valence-corrected chi connectivity index (χ4v) is 8.47. The molecule has 272 valence electrons. The van der Waals surface area contributed by atoms with E-state index >= 15 is 0 Å². The van der Waals surface area contributed by atoms with Crippen LogP contribution in [0.2, 0.25) is 0 Å². The van der Waals surface area contributed by atoms with E-state index in [-0.39, 0.29) is 42.5 Å². The SMILES string of the molecule is C=CCNC(=O)C(=O)C(CCCC)NC(=O)[C@@H]1[C@@H]2[C@H](CN1C(=O)[C@@H](NC(=O)N[C@H](CN1CCCS1(=O)=O)C(C)(C)C)C(C)(C)C)C2(C)C. The van der Waals surface area contributed by atoms with Gasteiger partial charge in [0.25, 0.3) is 5.91 Å². The maximum atomic E-state index is 14.4. The Kier molecular flexibility index (Phi) is 12.2.